The van der Waals surface area contributed by atoms with Crippen LogP contribution in [0, 0.1) is 41.4 Å². The summed E-state index contributed by atoms with van der Waals surface area (Å²) in [6, 6.07) is 0. The average molecular weight is 789 g/mol. The normalized spacial score (nSPS) is 43.6. The number of aliphatic hydroxyl groups is 1. The van der Waals surface area contributed by atoms with Crippen molar-refractivity contribution in [3.63, 3.8) is 0 Å². The summed E-state index contributed by atoms with van der Waals surface area (Å²) in [5.74, 6) is -5.57. The van der Waals surface area contributed by atoms with E-state index in [0.29, 0.717) is 51.4 Å². The van der Waals surface area contributed by atoms with Crippen LogP contribution in [0.15, 0.2) is 12.2 Å². The molecule has 0 aromatic rings. The molecule has 0 saturated carbocycles. The predicted octanol–water partition coefficient (Wildman–Crippen LogP) is 7.47. The summed E-state index contributed by atoms with van der Waals surface area (Å²) in [7, 11) is 0. The maximum atomic E-state index is 14.5. The highest BCUT2D eigenvalue weighted by molar-refractivity contribution is 6.04. The Bertz CT molecular complexity index is 1480. The van der Waals surface area contributed by atoms with E-state index in [9.17, 15) is 24.3 Å². The fourth-order valence-corrected chi connectivity index (χ4v) is 10.8. The molecule has 0 radical (unpaired) electrons. The average Bonchev–Trinajstić information content (AvgIpc) is 3.49. The zero-order chi connectivity index (χ0) is 41.5. The van der Waals surface area contributed by atoms with Crippen LogP contribution in [-0.4, -0.2) is 87.8 Å². The van der Waals surface area contributed by atoms with Crippen LogP contribution in [0.4, 0.5) is 0 Å². The van der Waals surface area contributed by atoms with Crippen molar-refractivity contribution in [2.75, 3.05) is 0 Å². The summed E-state index contributed by atoms with van der Waals surface area (Å²) in [6.45, 7) is 22.6. The first kappa shape index (κ1) is 45.1. The molecule has 0 bridgehead atoms. The van der Waals surface area contributed by atoms with Gasteiger partial charge in [-0.2, -0.15) is 0 Å². The first-order valence-electron chi connectivity index (χ1n) is 21.8. The summed E-state index contributed by atoms with van der Waals surface area (Å²) in [5, 5.41) is 11.1. The quantitative estimate of drug-likeness (QED) is 0.113. The van der Waals surface area contributed by atoms with Crippen LogP contribution < -0.4 is 0 Å². The van der Waals surface area contributed by atoms with Crippen molar-refractivity contribution in [3.8, 4) is 0 Å². The molecule has 5 aliphatic heterocycles. The van der Waals surface area contributed by atoms with E-state index < -0.39 is 58.7 Å². The second-order valence-corrected chi connectivity index (χ2v) is 18.5. The first-order valence-corrected chi connectivity index (χ1v) is 21.8. The van der Waals surface area contributed by atoms with Crippen LogP contribution in [0.25, 0.3) is 0 Å². The highest BCUT2D eigenvalue weighted by atomic mass is 16.8. The molecule has 4 fully saturated rings. The third kappa shape index (κ3) is 8.51. The van der Waals surface area contributed by atoms with Gasteiger partial charge in [-0.15, -0.1) is 0 Å². The minimum Gasteiger partial charge on any atom is -0.453 e. The number of hydrogen-bond donors (Lipinski definition) is 1. The molecule has 17 atom stereocenters. The van der Waals surface area contributed by atoms with Gasteiger partial charge in [0, 0.05) is 37.0 Å². The van der Waals surface area contributed by atoms with Crippen molar-refractivity contribution < 1.29 is 52.7 Å². The van der Waals surface area contributed by atoms with Crippen LogP contribution in [0.3, 0.4) is 0 Å². The molecule has 2 spiro atoms. The Labute approximate surface area is 335 Å². The number of ether oxygens (including phenoxy) is 6. The smallest absolute Gasteiger partial charge is 0.303 e. The van der Waals surface area contributed by atoms with Gasteiger partial charge in [0.1, 0.15) is 17.3 Å². The fraction of sp³-hybridized carbons (Fsp3) is 0.867. The molecule has 1 unspecified atom stereocenters. The molecule has 0 amide bonds. The van der Waals surface area contributed by atoms with E-state index >= 15 is 0 Å². The molecule has 11 heteroatoms. The Kier molecular flexibility index (Phi) is 13.9. The molecule has 0 aliphatic carbocycles. The van der Waals surface area contributed by atoms with E-state index in [1.807, 2.05) is 53.7 Å². The summed E-state index contributed by atoms with van der Waals surface area (Å²) in [6.07, 6.45) is 7.15. The van der Waals surface area contributed by atoms with E-state index in [4.69, 9.17) is 28.4 Å². The summed E-state index contributed by atoms with van der Waals surface area (Å²) < 4.78 is 39.9. The second kappa shape index (κ2) is 17.3. The molecule has 0 aromatic heterocycles. The number of esters is 1. The summed E-state index contributed by atoms with van der Waals surface area (Å²) in [5.41, 5.74) is -1.70. The molecule has 56 heavy (non-hydrogen) atoms. The van der Waals surface area contributed by atoms with Gasteiger partial charge in [-0.1, -0.05) is 48.5 Å². The molecule has 1 N–H and O–H groups in total. The topological polar surface area (TPSA) is 144 Å². The molecule has 5 rings (SSSR count). The number of Topliss-reactive ketones (excluding diaryl/α,β-unsaturated/α-hetero) is 3. The number of rotatable bonds is 13. The van der Waals surface area contributed by atoms with E-state index in [2.05, 4.69) is 20.8 Å². The fourth-order valence-electron chi connectivity index (χ4n) is 10.8. The van der Waals surface area contributed by atoms with Gasteiger partial charge in [0.2, 0.25) is 5.79 Å². The molecule has 0 aromatic carbocycles. The Morgan fingerprint density at radius 1 is 0.839 bits per heavy atom. The lowest BCUT2D eigenvalue weighted by Gasteiger charge is -2.54. The van der Waals surface area contributed by atoms with E-state index in [0.717, 1.165) is 12.8 Å². The van der Waals surface area contributed by atoms with Crippen molar-refractivity contribution in [3.05, 3.63) is 12.2 Å². The lowest BCUT2D eigenvalue weighted by molar-refractivity contribution is -0.409. The highest BCUT2D eigenvalue weighted by Gasteiger charge is 2.64. The molecular formula is C45H72O11. The minimum atomic E-state index is -1.38. The van der Waals surface area contributed by atoms with Crippen LogP contribution >= 0.6 is 0 Å². The molecular weight excluding hydrogens is 716 g/mol. The Balaban J connectivity index is 1.36. The molecule has 5 aliphatic rings. The number of hydrogen-bond acceptors (Lipinski definition) is 11. The zero-order valence-electron chi connectivity index (χ0n) is 36.3. The van der Waals surface area contributed by atoms with Crippen LogP contribution in [-0.2, 0) is 47.6 Å². The Morgan fingerprint density at radius 2 is 1.52 bits per heavy atom. The van der Waals surface area contributed by atoms with Crippen molar-refractivity contribution in [1.29, 1.82) is 0 Å². The van der Waals surface area contributed by atoms with Crippen molar-refractivity contribution in [2.24, 2.45) is 41.4 Å². The van der Waals surface area contributed by atoms with Gasteiger partial charge in [-0.3, -0.25) is 19.2 Å². The summed E-state index contributed by atoms with van der Waals surface area (Å²) >= 11 is 0. The van der Waals surface area contributed by atoms with Gasteiger partial charge in [0.05, 0.1) is 47.6 Å². The third-order valence-corrected chi connectivity index (χ3v) is 14.7. The Hall–Kier alpha value is -2.02. The van der Waals surface area contributed by atoms with Crippen LogP contribution in [0.2, 0.25) is 0 Å². The zero-order valence-corrected chi connectivity index (χ0v) is 36.3. The monoisotopic (exact) mass is 789 g/mol. The number of ketones is 3. The molecule has 4 saturated heterocycles. The van der Waals surface area contributed by atoms with Crippen LogP contribution in [0.1, 0.15) is 147 Å². The largest absolute Gasteiger partial charge is 0.453 e. The predicted molar refractivity (Wildman–Crippen MR) is 210 cm³/mol. The van der Waals surface area contributed by atoms with Crippen molar-refractivity contribution in [2.45, 2.75) is 207 Å². The van der Waals surface area contributed by atoms with Gasteiger partial charge in [-0.25, -0.2) is 0 Å². The summed E-state index contributed by atoms with van der Waals surface area (Å²) in [4.78, 5) is 53.5. The van der Waals surface area contributed by atoms with Gasteiger partial charge >= 0.3 is 5.97 Å². The first-order chi connectivity index (χ1) is 26.2. The molecule has 318 valence electrons. The Morgan fingerprint density at radius 3 is 2.11 bits per heavy atom. The lowest BCUT2D eigenvalue weighted by atomic mass is 9.73. The molecule has 11 nitrogen and oxygen atoms in total. The molecule has 5 heterocycles. The SMILES string of the molecule is CC[C@@H](C(=O)C(C)C(=O)[C@H](C)[C@@H]1O[C@@H]([C@@H](CC)C(C)=O)CC[C@@H]1C)[C@H]1O[C@]2(C=C[C@@H](OC(C)=O)[C@]3(CC[C@@](C)([C@H]4CC[C@](O)(CC)[C@H](C)O4)O3)O2)[C@H](C)C[C@@H]1C. The maximum Gasteiger partial charge on any atom is 0.303 e. The highest BCUT2D eigenvalue weighted by Crippen LogP contribution is 2.54. The van der Waals surface area contributed by atoms with Gasteiger partial charge < -0.3 is 33.5 Å². The minimum absolute atomic E-state index is 0.0207. The van der Waals surface area contributed by atoms with E-state index in [1.54, 1.807) is 13.8 Å². The van der Waals surface area contributed by atoms with Crippen LogP contribution in [0.5, 0.6) is 0 Å². The number of carbonyl (C=O) groups excluding carboxylic acids is 4. The van der Waals surface area contributed by atoms with E-state index in [-0.39, 0.29) is 65.4 Å². The maximum absolute atomic E-state index is 14.5. The van der Waals surface area contributed by atoms with Gasteiger partial charge in [-0.05, 0) is 109 Å². The van der Waals surface area contributed by atoms with E-state index in [1.165, 1.54) is 6.92 Å². The standard InChI is InChI=1S/C45H72O11/c1-13-33(30(9)46)35-17-16-25(4)40(53-35)29(8)38(48)28(7)39(49)34(14-2)41-26(5)24-27(6)44(54-41)21-19-37(52-32(11)47)45(56-44)23-22-42(12,55-45)36-18-20-43(50,15-3)31(10)51-36/h19,21,25-29,31,33-37,40-41,50H,13-18,20,22-24H2,1-12H3/t25-,26-,27+,28?,29-,31-,33-,34-,35+,36+,37+,40+,41-,42-,43+,44-,45-/m0/s1. The van der Waals surface area contributed by atoms with Crippen molar-refractivity contribution >= 4 is 23.3 Å². The van der Waals surface area contributed by atoms with Gasteiger partial charge in [0.25, 0.3) is 0 Å². The lowest BCUT2D eigenvalue weighted by Crippen LogP contribution is -2.63. The van der Waals surface area contributed by atoms with Crippen molar-refractivity contribution in [1.82, 2.24) is 0 Å². The van der Waals surface area contributed by atoms with Gasteiger partial charge in [0.15, 0.2) is 11.9 Å². The number of carbonyl (C=O) groups is 4. The second-order valence-electron chi connectivity index (χ2n) is 18.5. The third-order valence-electron chi connectivity index (χ3n) is 14.7.